The van der Waals surface area contributed by atoms with Gasteiger partial charge in [0, 0.05) is 27.1 Å². The molecule has 0 radical (unpaired) electrons. The van der Waals surface area contributed by atoms with Gasteiger partial charge in [-0.2, -0.15) is 0 Å². The molecule has 42 heavy (non-hydrogen) atoms. The van der Waals surface area contributed by atoms with Gasteiger partial charge in [0.2, 0.25) is 5.95 Å². The monoisotopic (exact) mass is 537 g/mol. The Morgan fingerprint density at radius 2 is 1.19 bits per heavy atom. The molecule has 3 heterocycles. The molecule has 0 saturated carbocycles. The smallest absolute Gasteiger partial charge is 0.235 e. The first-order chi connectivity index (χ1) is 20.8. The van der Waals surface area contributed by atoms with E-state index in [1.54, 1.807) is 0 Å². The lowest BCUT2D eigenvalue weighted by Crippen LogP contribution is -2.03. The van der Waals surface area contributed by atoms with E-state index in [1.165, 1.54) is 5.56 Å². The Labute approximate surface area is 241 Å². The van der Waals surface area contributed by atoms with Gasteiger partial charge in [0.15, 0.2) is 0 Å². The van der Waals surface area contributed by atoms with Crippen molar-refractivity contribution in [3.05, 3.63) is 140 Å². The molecule has 3 aromatic heterocycles. The molecule has 0 unspecified atom stereocenters. The van der Waals surface area contributed by atoms with Gasteiger partial charge in [-0.15, -0.1) is 0 Å². The van der Waals surface area contributed by atoms with Crippen LogP contribution in [0.15, 0.2) is 144 Å². The van der Waals surface area contributed by atoms with Crippen LogP contribution in [0.2, 0.25) is 0 Å². The molecule has 4 heteroatoms. The lowest BCUT2D eigenvalue weighted by molar-refractivity contribution is 0.673. The number of fused-ring (bicyclic) bond motifs is 8. The van der Waals surface area contributed by atoms with Crippen LogP contribution < -0.4 is 0 Å². The van der Waals surface area contributed by atoms with E-state index >= 15 is 0 Å². The van der Waals surface area contributed by atoms with Crippen LogP contribution in [0.4, 0.5) is 0 Å². The van der Waals surface area contributed by atoms with Crippen LogP contribution in [0, 0.1) is 0 Å². The summed E-state index contributed by atoms with van der Waals surface area (Å²) < 4.78 is 8.66. The molecule has 4 nitrogen and oxygen atoms in total. The Bertz CT molecular complexity index is 2470. The molecule has 0 aliphatic heterocycles. The van der Waals surface area contributed by atoms with E-state index in [0.29, 0.717) is 5.95 Å². The van der Waals surface area contributed by atoms with E-state index in [4.69, 9.17) is 14.4 Å². The molecule has 0 atom stereocenters. The molecule has 0 N–H and O–H groups in total. The number of para-hydroxylation sites is 3. The van der Waals surface area contributed by atoms with Crippen molar-refractivity contribution in [3.63, 3.8) is 0 Å². The minimum Gasteiger partial charge on any atom is -0.455 e. The second-order valence-corrected chi connectivity index (χ2v) is 10.6. The summed E-state index contributed by atoms with van der Waals surface area (Å²) in [4.78, 5) is 10.4. The summed E-state index contributed by atoms with van der Waals surface area (Å²) >= 11 is 0. The number of rotatable bonds is 3. The van der Waals surface area contributed by atoms with E-state index in [1.807, 2.05) is 24.3 Å². The highest BCUT2D eigenvalue weighted by Crippen LogP contribution is 2.40. The van der Waals surface area contributed by atoms with Crippen molar-refractivity contribution in [2.75, 3.05) is 0 Å². The minimum atomic E-state index is 0.635. The summed E-state index contributed by atoms with van der Waals surface area (Å²) in [5.74, 6) is 0.635. The van der Waals surface area contributed by atoms with E-state index < -0.39 is 0 Å². The average Bonchev–Trinajstić information content (AvgIpc) is 3.60. The largest absolute Gasteiger partial charge is 0.455 e. The highest BCUT2D eigenvalue weighted by molar-refractivity contribution is 6.23. The van der Waals surface area contributed by atoms with Gasteiger partial charge in [-0.1, -0.05) is 103 Å². The summed E-state index contributed by atoms with van der Waals surface area (Å²) in [7, 11) is 0. The third-order valence-corrected chi connectivity index (χ3v) is 8.21. The summed E-state index contributed by atoms with van der Waals surface area (Å²) in [6.45, 7) is 0. The number of hydrogen-bond donors (Lipinski definition) is 0. The Morgan fingerprint density at radius 1 is 0.476 bits per heavy atom. The molecule has 0 aliphatic carbocycles. The van der Waals surface area contributed by atoms with Crippen LogP contribution in [0.25, 0.3) is 83.0 Å². The Balaban J connectivity index is 1.35. The van der Waals surface area contributed by atoms with Crippen molar-refractivity contribution in [1.82, 2.24) is 14.5 Å². The molecular weight excluding hydrogens is 514 g/mol. The topological polar surface area (TPSA) is 43.9 Å². The first-order valence-corrected chi connectivity index (χ1v) is 14.1. The fraction of sp³-hybridized carbons (Fsp3) is 0. The maximum atomic E-state index is 6.49. The van der Waals surface area contributed by atoms with Crippen molar-refractivity contribution >= 4 is 54.6 Å². The van der Waals surface area contributed by atoms with Crippen molar-refractivity contribution in [2.24, 2.45) is 0 Å². The quantitative estimate of drug-likeness (QED) is 0.225. The summed E-state index contributed by atoms with van der Waals surface area (Å²) in [5.41, 5.74) is 9.03. The summed E-state index contributed by atoms with van der Waals surface area (Å²) in [6.07, 6.45) is 0. The fourth-order valence-electron chi connectivity index (χ4n) is 6.31. The summed E-state index contributed by atoms with van der Waals surface area (Å²) in [6, 6.07) is 48.3. The molecule has 9 aromatic rings. The molecule has 0 fully saturated rings. The van der Waals surface area contributed by atoms with Crippen LogP contribution in [-0.4, -0.2) is 14.5 Å². The average molecular weight is 538 g/mol. The molecule has 196 valence electrons. The molecule has 6 aromatic carbocycles. The number of furan rings is 1. The van der Waals surface area contributed by atoms with Gasteiger partial charge in [0.1, 0.15) is 11.2 Å². The van der Waals surface area contributed by atoms with Crippen molar-refractivity contribution in [2.45, 2.75) is 0 Å². The zero-order valence-corrected chi connectivity index (χ0v) is 22.5. The van der Waals surface area contributed by atoms with Crippen molar-refractivity contribution in [1.29, 1.82) is 0 Å². The Kier molecular flexibility index (Phi) is 4.87. The van der Waals surface area contributed by atoms with Crippen LogP contribution >= 0.6 is 0 Å². The van der Waals surface area contributed by atoms with Gasteiger partial charge in [-0.25, -0.2) is 9.97 Å². The highest BCUT2D eigenvalue weighted by atomic mass is 16.3. The first kappa shape index (κ1) is 23.0. The van der Waals surface area contributed by atoms with Crippen molar-refractivity contribution < 1.29 is 4.42 Å². The predicted octanol–water partition coefficient (Wildman–Crippen LogP) is 9.96. The van der Waals surface area contributed by atoms with Gasteiger partial charge in [0.25, 0.3) is 0 Å². The Hall–Kier alpha value is -5.74. The first-order valence-electron chi connectivity index (χ1n) is 14.1. The van der Waals surface area contributed by atoms with Crippen molar-refractivity contribution in [3.8, 4) is 28.3 Å². The predicted molar refractivity (Wildman–Crippen MR) is 172 cm³/mol. The number of hydrogen-bond acceptors (Lipinski definition) is 3. The molecule has 0 saturated heterocycles. The van der Waals surface area contributed by atoms with E-state index in [2.05, 4.69) is 120 Å². The van der Waals surface area contributed by atoms with Gasteiger partial charge in [-0.3, -0.25) is 4.57 Å². The SMILES string of the molecule is c1ccc(-c2cccc(-c3nc(-n4c5ccccc5c5c6oc7ccccc7c6ccc54)nc4ccccc34)c2)cc1. The summed E-state index contributed by atoms with van der Waals surface area (Å²) in [5, 5.41) is 5.43. The fourth-order valence-corrected chi connectivity index (χ4v) is 6.31. The zero-order valence-electron chi connectivity index (χ0n) is 22.5. The second kappa shape index (κ2) is 8.88. The number of nitrogens with zero attached hydrogens (tertiary/aromatic N) is 3. The molecule has 9 rings (SSSR count). The molecule has 0 spiro atoms. The lowest BCUT2D eigenvalue weighted by Gasteiger charge is -2.12. The minimum absolute atomic E-state index is 0.635. The Morgan fingerprint density at radius 3 is 2.10 bits per heavy atom. The normalized spacial score (nSPS) is 11.8. The van der Waals surface area contributed by atoms with Crippen LogP contribution in [0.5, 0.6) is 0 Å². The third kappa shape index (κ3) is 3.36. The standard InChI is InChI=1S/C38H23N3O/c1-2-11-24(12-3-1)25-13-10-14-26(23-25)36-29-16-4-7-18-31(29)39-38(40-36)41-32-19-8-5-17-30(32)35-33(41)22-21-28-27-15-6-9-20-34(27)42-37(28)35/h1-23H. The lowest BCUT2D eigenvalue weighted by atomic mass is 10.00. The van der Waals surface area contributed by atoms with Crippen LogP contribution in [-0.2, 0) is 0 Å². The van der Waals surface area contributed by atoms with Crippen LogP contribution in [0.1, 0.15) is 0 Å². The van der Waals surface area contributed by atoms with Crippen LogP contribution in [0.3, 0.4) is 0 Å². The van der Waals surface area contributed by atoms with E-state index in [-0.39, 0.29) is 0 Å². The van der Waals surface area contributed by atoms with Gasteiger partial charge in [0.05, 0.1) is 27.6 Å². The van der Waals surface area contributed by atoms with E-state index in [9.17, 15) is 0 Å². The molecule has 0 amide bonds. The zero-order chi connectivity index (χ0) is 27.6. The number of aromatic nitrogens is 3. The molecule has 0 aliphatic rings. The molecule has 0 bridgehead atoms. The van der Waals surface area contributed by atoms with Gasteiger partial charge >= 0.3 is 0 Å². The second-order valence-electron chi connectivity index (χ2n) is 10.6. The van der Waals surface area contributed by atoms with E-state index in [0.717, 1.165) is 71.5 Å². The number of benzene rings is 6. The maximum absolute atomic E-state index is 6.49. The highest BCUT2D eigenvalue weighted by Gasteiger charge is 2.21. The maximum Gasteiger partial charge on any atom is 0.235 e. The third-order valence-electron chi connectivity index (χ3n) is 8.21. The molecular formula is C38H23N3O. The van der Waals surface area contributed by atoms with Gasteiger partial charge < -0.3 is 4.42 Å². The van der Waals surface area contributed by atoms with Gasteiger partial charge in [-0.05, 0) is 47.5 Å².